The number of carbonyl (C=O) groups excluding carboxylic acids is 1. The quantitative estimate of drug-likeness (QED) is 0.473. The van der Waals surface area contributed by atoms with Crippen molar-refractivity contribution in [3.63, 3.8) is 0 Å². The van der Waals surface area contributed by atoms with Gasteiger partial charge in [0.2, 0.25) is 0 Å². The molecule has 152 valence electrons. The van der Waals surface area contributed by atoms with Crippen LogP contribution in [0.4, 0.5) is 5.82 Å². The fourth-order valence-corrected chi connectivity index (χ4v) is 3.12. The lowest BCUT2D eigenvalue weighted by Gasteiger charge is -2.08. The molecule has 2 N–H and O–H groups in total. The van der Waals surface area contributed by atoms with Gasteiger partial charge in [-0.3, -0.25) is 4.79 Å². The van der Waals surface area contributed by atoms with Crippen LogP contribution in [0.2, 0.25) is 0 Å². The summed E-state index contributed by atoms with van der Waals surface area (Å²) in [7, 11) is 1.38. The number of nitrogens with two attached hydrogens (primary N) is 1. The van der Waals surface area contributed by atoms with E-state index in [2.05, 4.69) is 15.0 Å². The number of nitrogen functional groups attached to an aromatic ring is 1. The zero-order valence-electron chi connectivity index (χ0n) is 16.5. The van der Waals surface area contributed by atoms with E-state index in [1.165, 1.54) is 7.11 Å². The van der Waals surface area contributed by atoms with Gasteiger partial charge in [0.15, 0.2) is 17.0 Å². The first-order valence-corrected chi connectivity index (χ1v) is 9.42. The summed E-state index contributed by atoms with van der Waals surface area (Å²) in [5.74, 6) is -0.0118. The molecule has 0 saturated heterocycles. The second-order valence-corrected chi connectivity index (χ2v) is 6.78. The highest BCUT2D eigenvalue weighted by atomic mass is 16.5. The molecule has 4 aromatic rings. The van der Waals surface area contributed by atoms with Crippen molar-refractivity contribution < 1.29 is 14.3 Å². The van der Waals surface area contributed by atoms with Crippen molar-refractivity contribution in [2.75, 3.05) is 12.8 Å². The number of hydrogen-bond donors (Lipinski definition) is 1. The van der Waals surface area contributed by atoms with Gasteiger partial charge in [-0.2, -0.15) is 9.97 Å². The van der Waals surface area contributed by atoms with E-state index in [9.17, 15) is 4.79 Å². The summed E-state index contributed by atoms with van der Waals surface area (Å²) < 4.78 is 12.4. The fraction of sp³-hybridized carbons (Fsp3) is 0.182. The summed E-state index contributed by atoms with van der Waals surface area (Å²) in [6.07, 6.45) is 1.89. The van der Waals surface area contributed by atoms with Crippen LogP contribution >= 0.6 is 0 Å². The Morgan fingerprint density at radius 1 is 1.03 bits per heavy atom. The van der Waals surface area contributed by atoms with Crippen LogP contribution in [0.25, 0.3) is 11.2 Å². The van der Waals surface area contributed by atoms with Crippen LogP contribution < -0.4 is 10.5 Å². The van der Waals surface area contributed by atoms with Gasteiger partial charge >= 0.3 is 12.0 Å². The fourth-order valence-electron chi connectivity index (χ4n) is 3.12. The third-order valence-corrected chi connectivity index (χ3v) is 4.60. The average Bonchev–Trinajstić information content (AvgIpc) is 3.16. The van der Waals surface area contributed by atoms with Crippen molar-refractivity contribution >= 4 is 23.0 Å². The molecule has 0 aliphatic heterocycles. The Morgan fingerprint density at radius 3 is 2.60 bits per heavy atom. The molecular formula is C22H21N5O3. The summed E-state index contributed by atoms with van der Waals surface area (Å²) >= 11 is 0. The van der Waals surface area contributed by atoms with Crippen LogP contribution in [0.3, 0.4) is 0 Å². The smallest absolute Gasteiger partial charge is 0.320 e. The van der Waals surface area contributed by atoms with Gasteiger partial charge in [-0.1, -0.05) is 54.6 Å². The highest BCUT2D eigenvalue weighted by Crippen LogP contribution is 2.21. The largest absolute Gasteiger partial charge is 0.469 e. The topological polar surface area (TPSA) is 105 Å². The number of nitrogens with zero attached hydrogens (tertiary/aromatic N) is 4. The third-order valence-electron chi connectivity index (χ3n) is 4.60. The number of methoxy groups -OCH3 is 1. The maximum atomic E-state index is 11.5. The van der Waals surface area contributed by atoms with Crippen molar-refractivity contribution in [1.29, 1.82) is 0 Å². The van der Waals surface area contributed by atoms with Crippen molar-refractivity contribution in [3.8, 4) is 6.01 Å². The van der Waals surface area contributed by atoms with E-state index in [0.717, 1.165) is 16.7 Å². The molecule has 2 heterocycles. The number of carbonyl (C=O) groups is 1. The molecule has 8 heteroatoms. The second kappa shape index (κ2) is 8.60. The normalized spacial score (nSPS) is 10.8. The average molecular weight is 403 g/mol. The standard InChI is InChI=1S/C22H21N5O3/c1-29-18(28)11-16-8-5-9-17(10-16)12-27-14-24-19-20(23)25-22(26-21(19)27)30-13-15-6-3-2-4-7-15/h2-10,14H,11-13H2,1H3,(H2,23,25,26). The minimum absolute atomic E-state index is 0.199. The van der Waals surface area contributed by atoms with Gasteiger partial charge in [0.1, 0.15) is 6.61 Å². The summed E-state index contributed by atoms with van der Waals surface area (Å²) in [4.78, 5) is 24.6. The molecule has 0 spiro atoms. The first-order valence-electron chi connectivity index (χ1n) is 9.42. The van der Waals surface area contributed by atoms with Crippen LogP contribution in [0, 0.1) is 0 Å². The summed E-state index contributed by atoms with van der Waals surface area (Å²) in [5.41, 5.74) is 10.1. The highest BCUT2D eigenvalue weighted by Gasteiger charge is 2.13. The Kier molecular flexibility index (Phi) is 5.56. The lowest BCUT2D eigenvalue weighted by atomic mass is 10.1. The van der Waals surface area contributed by atoms with E-state index in [1.54, 1.807) is 6.33 Å². The van der Waals surface area contributed by atoms with Gasteiger partial charge in [0.25, 0.3) is 0 Å². The summed E-state index contributed by atoms with van der Waals surface area (Å²) in [6.45, 7) is 0.857. The number of imidazole rings is 1. The van der Waals surface area contributed by atoms with Gasteiger partial charge in [-0.05, 0) is 16.7 Å². The SMILES string of the molecule is COC(=O)Cc1cccc(Cn2cnc3c(N)nc(OCc4ccccc4)nc32)c1. The van der Waals surface area contributed by atoms with E-state index in [0.29, 0.717) is 24.3 Å². The number of fused-ring (bicyclic) bond motifs is 1. The predicted molar refractivity (Wildman–Crippen MR) is 112 cm³/mol. The van der Waals surface area contributed by atoms with E-state index in [1.807, 2.05) is 59.2 Å². The molecule has 0 aliphatic rings. The van der Waals surface area contributed by atoms with E-state index in [4.69, 9.17) is 15.2 Å². The molecule has 4 rings (SSSR count). The number of ether oxygens (including phenoxy) is 2. The molecule has 0 radical (unpaired) electrons. The molecule has 2 aromatic carbocycles. The van der Waals surface area contributed by atoms with Crippen molar-refractivity contribution in [2.24, 2.45) is 0 Å². The number of hydrogen-bond acceptors (Lipinski definition) is 7. The molecule has 0 amide bonds. The molecule has 0 bridgehead atoms. The van der Waals surface area contributed by atoms with Gasteiger partial charge in [0, 0.05) is 0 Å². The van der Waals surface area contributed by atoms with Crippen LogP contribution in [0.5, 0.6) is 6.01 Å². The van der Waals surface area contributed by atoms with Gasteiger partial charge in [-0.15, -0.1) is 0 Å². The number of esters is 1. The molecule has 30 heavy (non-hydrogen) atoms. The van der Waals surface area contributed by atoms with Crippen LogP contribution in [0.15, 0.2) is 60.9 Å². The molecular weight excluding hydrogens is 382 g/mol. The molecule has 0 aliphatic carbocycles. The lowest BCUT2D eigenvalue weighted by molar-refractivity contribution is -0.139. The lowest BCUT2D eigenvalue weighted by Crippen LogP contribution is -2.06. The number of anilines is 1. The van der Waals surface area contributed by atoms with Gasteiger partial charge < -0.3 is 19.8 Å². The minimum atomic E-state index is -0.277. The number of benzene rings is 2. The number of rotatable bonds is 7. The Balaban J connectivity index is 1.57. The molecule has 0 atom stereocenters. The van der Waals surface area contributed by atoms with Gasteiger partial charge in [0.05, 0.1) is 26.4 Å². The van der Waals surface area contributed by atoms with E-state index >= 15 is 0 Å². The van der Waals surface area contributed by atoms with Crippen molar-refractivity contribution in [2.45, 2.75) is 19.6 Å². The van der Waals surface area contributed by atoms with Crippen LogP contribution in [-0.4, -0.2) is 32.6 Å². The zero-order valence-corrected chi connectivity index (χ0v) is 16.5. The van der Waals surface area contributed by atoms with Crippen LogP contribution in [0.1, 0.15) is 16.7 Å². The minimum Gasteiger partial charge on any atom is -0.469 e. The molecule has 2 aromatic heterocycles. The van der Waals surface area contributed by atoms with Crippen LogP contribution in [-0.2, 0) is 29.1 Å². The van der Waals surface area contributed by atoms with Gasteiger partial charge in [-0.25, -0.2) is 4.98 Å². The van der Waals surface area contributed by atoms with Crippen molar-refractivity contribution in [3.05, 3.63) is 77.6 Å². The molecule has 8 nitrogen and oxygen atoms in total. The predicted octanol–water partition coefficient (Wildman–Crippen LogP) is 2.75. The maximum absolute atomic E-state index is 11.5. The third kappa shape index (κ3) is 4.38. The maximum Gasteiger partial charge on any atom is 0.320 e. The number of aromatic nitrogens is 4. The monoisotopic (exact) mass is 403 g/mol. The van der Waals surface area contributed by atoms with E-state index in [-0.39, 0.29) is 24.2 Å². The van der Waals surface area contributed by atoms with E-state index < -0.39 is 0 Å². The summed E-state index contributed by atoms with van der Waals surface area (Å²) in [6, 6.07) is 17.7. The second-order valence-electron chi connectivity index (χ2n) is 6.78. The molecule has 0 fully saturated rings. The summed E-state index contributed by atoms with van der Waals surface area (Å²) in [5, 5.41) is 0. The Bertz CT molecular complexity index is 1170. The zero-order chi connectivity index (χ0) is 20.9. The Hall–Kier alpha value is -3.94. The Labute approximate surface area is 173 Å². The first kappa shape index (κ1) is 19.4. The first-order chi connectivity index (χ1) is 14.6. The van der Waals surface area contributed by atoms with Crippen molar-refractivity contribution in [1.82, 2.24) is 19.5 Å². The molecule has 0 saturated carbocycles. The molecule has 0 unspecified atom stereocenters. The Morgan fingerprint density at radius 2 is 1.80 bits per heavy atom. The highest BCUT2D eigenvalue weighted by molar-refractivity contribution is 5.82.